The van der Waals surface area contributed by atoms with Crippen molar-refractivity contribution >= 4 is 22.6 Å². The van der Waals surface area contributed by atoms with Gasteiger partial charge in [0.1, 0.15) is 17.2 Å². The molecule has 1 N–H and O–H groups in total. The lowest BCUT2D eigenvalue weighted by molar-refractivity contribution is -0.274. The van der Waals surface area contributed by atoms with E-state index in [1.165, 1.54) is 12.1 Å². The summed E-state index contributed by atoms with van der Waals surface area (Å²) in [6, 6.07) is 11.8. The van der Waals surface area contributed by atoms with Gasteiger partial charge < -0.3 is 28.5 Å². The molecule has 3 unspecified atom stereocenters. The third-order valence-corrected chi connectivity index (χ3v) is 8.65. The number of benzene rings is 2. The number of alkyl halides is 3. The number of hydrogen-bond acceptors (Lipinski definition) is 8. The summed E-state index contributed by atoms with van der Waals surface area (Å²) in [4.78, 5) is 13.8. The van der Waals surface area contributed by atoms with Gasteiger partial charge in [0, 0.05) is 40.9 Å². The predicted octanol–water partition coefficient (Wildman–Crippen LogP) is 6.92. The highest BCUT2D eigenvalue weighted by Gasteiger charge is 2.46. The highest BCUT2D eigenvalue weighted by molar-refractivity contribution is 6.00. The van der Waals surface area contributed by atoms with Gasteiger partial charge in [-0.25, -0.2) is 4.79 Å². The van der Waals surface area contributed by atoms with Gasteiger partial charge in [-0.05, 0) is 62.3 Å². The summed E-state index contributed by atoms with van der Waals surface area (Å²) >= 11 is 0. The molecule has 220 valence electrons. The number of halogens is 3. The van der Waals surface area contributed by atoms with Crippen LogP contribution in [0.4, 0.5) is 18.9 Å². The molecular weight excluding hydrogens is 555 g/mol. The number of nitrogens with zero attached hydrogens (tertiary/aromatic N) is 3. The Labute approximate surface area is 238 Å². The molecule has 2 aromatic carbocycles. The van der Waals surface area contributed by atoms with Crippen LogP contribution in [-0.4, -0.2) is 45.9 Å². The Morgan fingerprint density at radius 3 is 2.64 bits per heavy atom. The van der Waals surface area contributed by atoms with E-state index < -0.39 is 12.3 Å². The Bertz CT molecular complexity index is 1640. The predicted molar refractivity (Wildman–Crippen MR) is 143 cm³/mol. The van der Waals surface area contributed by atoms with Crippen molar-refractivity contribution in [1.82, 2.24) is 10.3 Å². The number of ether oxygens (including phenoxy) is 2. The Balaban J connectivity index is 1.11. The molecule has 2 bridgehead atoms. The van der Waals surface area contributed by atoms with Crippen LogP contribution in [0.2, 0.25) is 0 Å². The summed E-state index contributed by atoms with van der Waals surface area (Å²) < 4.78 is 61.1. The topological polar surface area (TPSA) is 111 Å². The first-order chi connectivity index (χ1) is 20.2. The highest BCUT2D eigenvalue weighted by atomic mass is 19.4. The van der Waals surface area contributed by atoms with Gasteiger partial charge in [0.15, 0.2) is 11.3 Å². The second kappa shape index (κ2) is 10.0. The van der Waals surface area contributed by atoms with Crippen LogP contribution < -0.4 is 9.64 Å². The number of carboxylic acid groups (broad SMARTS) is 1. The molecule has 0 radical (unpaired) electrons. The maximum Gasteiger partial charge on any atom is 0.573 e. The van der Waals surface area contributed by atoms with Gasteiger partial charge in [0.2, 0.25) is 0 Å². The quantitative estimate of drug-likeness (QED) is 0.236. The van der Waals surface area contributed by atoms with E-state index in [0.29, 0.717) is 33.9 Å². The third kappa shape index (κ3) is 4.87. The van der Waals surface area contributed by atoms with Crippen molar-refractivity contribution in [2.45, 2.75) is 76.1 Å². The molecule has 1 saturated carbocycles. The van der Waals surface area contributed by atoms with E-state index in [4.69, 9.17) is 13.8 Å². The van der Waals surface area contributed by atoms with Crippen LogP contribution in [0.15, 0.2) is 51.5 Å². The minimum Gasteiger partial charge on any atom is -0.476 e. The molecule has 1 aliphatic carbocycles. The fraction of sp³-hybridized carbons (Fsp3) is 0.433. The van der Waals surface area contributed by atoms with Crippen molar-refractivity contribution in [1.29, 1.82) is 0 Å². The van der Waals surface area contributed by atoms with E-state index in [0.717, 1.165) is 37.8 Å². The molecule has 4 aromatic rings. The average molecular weight is 584 g/mol. The summed E-state index contributed by atoms with van der Waals surface area (Å²) in [5, 5.41) is 17.7. The van der Waals surface area contributed by atoms with E-state index in [2.05, 4.69) is 26.9 Å². The highest BCUT2D eigenvalue weighted by Crippen LogP contribution is 2.47. The van der Waals surface area contributed by atoms with Crippen molar-refractivity contribution in [2.75, 3.05) is 4.90 Å². The molecule has 3 aliphatic rings. The Morgan fingerprint density at radius 2 is 1.90 bits per heavy atom. The molecule has 42 heavy (non-hydrogen) atoms. The SMILES string of the molecule is C[C@@H]1CC2CC(OCc3c(-c4ccccc4OC(F)(F)F)noc3C3CC3)CC1N2c1ccc2c(C(=O)O)noc2c1. The number of carboxylic acids is 1. The zero-order chi connectivity index (χ0) is 29.2. The lowest BCUT2D eigenvalue weighted by atomic mass is 9.96. The second-order valence-electron chi connectivity index (χ2n) is 11.5. The monoisotopic (exact) mass is 583 g/mol. The third-order valence-electron chi connectivity index (χ3n) is 8.65. The molecular formula is C30H28F3N3O6. The van der Waals surface area contributed by atoms with Crippen LogP contribution in [0, 0.1) is 5.92 Å². The number of anilines is 1. The molecule has 0 amide bonds. The second-order valence-corrected chi connectivity index (χ2v) is 11.5. The van der Waals surface area contributed by atoms with Crippen molar-refractivity contribution in [3.05, 3.63) is 59.5 Å². The minimum absolute atomic E-state index is 0.0645. The molecule has 12 heteroatoms. The van der Waals surface area contributed by atoms with E-state index in [1.54, 1.807) is 18.2 Å². The molecule has 7 rings (SSSR count). The molecule has 4 heterocycles. The fourth-order valence-electron chi connectivity index (χ4n) is 6.67. The number of hydrogen-bond donors (Lipinski definition) is 1. The Hall–Kier alpha value is -4.06. The van der Waals surface area contributed by atoms with Crippen molar-refractivity contribution < 1.29 is 41.6 Å². The summed E-state index contributed by atoms with van der Waals surface area (Å²) in [6.45, 7) is 2.39. The maximum absolute atomic E-state index is 13.1. The molecule has 2 saturated heterocycles. The number of piperidine rings is 1. The lowest BCUT2D eigenvalue weighted by Gasteiger charge is -2.41. The molecule has 3 fully saturated rings. The Morgan fingerprint density at radius 1 is 1.10 bits per heavy atom. The molecule has 2 aromatic heterocycles. The summed E-state index contributed by atoms with van der Waals surface area (Å²) in [6.07, 6.45) is -0.519. The van der Waals surface area contributed by atoms with Gasteiger partial charge >= 0.3 is 12.3 Å². The van der Waals surface area contributed by atoms with Crippen LogP contribution in [0.3, 0.4) is 0 Å². The maximum atomic E-state index is 13.1. The van der Waals surface area contributed by atoms with Gasteiger partial charge in [-0.2, -0.15) is 0 Å². The van der Waals surface area contributed by atoms with Gasteiger partial charge in [-0.15, -0.1) is 13.2 Å². The zero-order valence-electron chi connectivity index (χ0n) is 22.6. The van der Waals surface area contributed by atoms with Gasteiger partial charge in [-0.1, -0.05) is 29.4 Å². The lowest BCUT2D eigenvalue weighted by Crippen LogP contribution is -2.46. The number of aromatic carboxylic acids is 1. The van der Waals surface area contributed by atoms with Crippen molar-refractivity contribution in [3.8, 4) is 17.0 Å². The molecule has 4 atom stereocenters. The van der Waals surface area contributed by atoms with Gasteiger partial charge in [0.05, 0.1) is 18.1 Å². The summed E-state index contributed by atoms with van der Waals surface area (Å²) in [7, 11) is 0. The average Bonchev–Trinajstić information content (AvgIpc) is 3.49. The zero-order valence-corrected chi connectivity index (χ0v) is 22.6. The van der Waals surface area contributed by atoms with Crippen LogP contribution in [0.5, 0.6) is 5.75 Å². The molecule has 0 spiro atoms. The first-order valence-corrected chi connectivity index (χ1v) is 14.0. The van der Waals surface area contributed by atoms with E-state index >= 15 is 0 Å². The van der Waals surface area contributed by atoms with E-state index in [1.807, 2.05) is 12.1 Å². The van der Waals surface area contributed by atoms with Crippen molar-refractivity contribution in [3.63, 3.8) is 0 Å². The largest absolute Gasteiger partial charge is 0.573 e. The molecule has 9 nitrogen and oxygen atoms in total. The van der Waals surface area contributed by atoms with Crippen molar-refractivity contribution in [2.24, 2.45) is 5.92 Å². The van der Waals surface area contributed by atoms with Gasteiger partial charge in [0.25, 0.3) is 0 Å². The summed E-state index contributed by atoms with van der Waals surface area (Å²) in [5.74, 6) is -0.206. The minimum atomic E-state index is -4.84. The normalized spacial score (nSPS) is 24.0. The van der Waals surface area contributed by atoms with Crippen LogP contribution in [0.25, 0.3) is 22.2 Å². The number of fused-ring (bicyclic) bond motifs is 3. The number of aromatic nitrogens is 2. The van der Waals surface area contributed by atoms with Crippen LogP contribution >= 0.6 is 0 Å². The van der Waals surface area contributed by atoms with E-state index in [-0.39, 0.29) is 47.7 Å². The van der Waals surface area contributed by atoms with Crippen LogP contribution in [-0.2, 0) is 11.3 Å². The van der Waals surface area contributed by atoms with Gasteiger partial charge in [-0.3, -0.25) is 0 Å². The number of rotatable bonds is 8. The molecule has 2 aliphatic heterocycles. The Kier molecular flexibility index (Phi) is 6.41. The van der Waals surface area contributed by atoms with Crippen LogP contribution in [0.1, 0.15) is 66.8 Å². The number of carbonyl (C=O) groups is 1. The smallest absolute Gasteiger partial charge is 0.476 e. The number of para-hydroxylation sites is 1. The first kappa shape index (κ1) is 26.8. The fourth-order valence-corrected chi connectivity index (χ4v) is 6.67. The van der Waals surface area contributed by atoms with E-state index in [9.17, 15) is 23.1 Å². The summed E-state index contributed by atoms with van der Waals surface area (Å²) in [5.41, 5.74) is 2.47. The standard InChI is InChI=1S/C30H28F3N3O6/c1-15-10-18-11-19(13-23(15)36(18)17-8-9-21-25(12-17)41-35-27(21)29(37)38)39-14-22-26(34-42-28(22)16-6-7-16)20-4-2-3-5-24(20)40-30(31,32)33/h2-5,8-9,12,15-16,18-19,23H,6-7,10-11,13-14H2,1H3,(H,37,38)/t15-,18?,19?,23?/m1/s1. The first-order valence-electron chi connectivity index (χ1n) is 14.0.